The molecule has 4 nitrogen and oxygen atoms in total. The van der Waals surface area contributed by atoms with Crippen LogP contribution in [0, 0.1) is 12.7 Å². The summed E-state index contributed by atoms with van der Waals surface area (Å²) in [6, 6.07) is 8.27. The summed E-state index contributed by atoms with van der Waals surface area (Å²) in [6.45, 7) is 2.43. The van der Waals surface area contributed by atoms with Gasteiger partial charge in [0.15, 0.2) is 0 Å². The zero-order valence-corrected chi connectivity index (χ0v) is 9.83. The second-order valence-electron chi connectivity index (χ2n) is 4.11. The number of aryl methyl sites for hydroxylation is 1. The summed E-state index contributed by atoms with van der Waals surface area (Å²) in [5.74, 6) is 2.03. The van der Waals surface area contributed by atoms with Gasteiger partial charge in [0.1, 0.15) is 17.3 Å². The van der Waals surface area contributed by atoms with E-state index in [1.165, 1.54) is 12.1 Å². The van der Waals surface area contributed by atoms with E-state index in [9.17, 15) is 4.39 Å². The number of anilines is 1. The number of aromatic nitrogens is 2. The van der Waals surface area contributed by atoms with E-state index in [1.807, 2.05) is 19.1 Å². The lowest BCUT2D eigenvalue weighted by Gasteiger charge is -1.98. The fourth-order valence-electron chi connectivity index (χ4n) is 1.82. The van der Waals surface area contributed by atoms with E-state index in [0.29, 0.717) is 18.0 Å². The summed E-state index contributed by atoms with van der Waals surface area (Å²) in [4.78, 5) is 7.31. The topological polar surface area (TPSA) is 53.9 Å². The summed E-state index contributed by atoms with van der Waals surface area (Å²) < 4.78 is 18.5. The molecule has 0 aliphatic heterocycles. The fraction of sp³-hybridized carbons (Fsp3) is 0.154. The molecule has 0 fully saturated rings. The Morgan fingerprint density at radius 3 is 3.00 bits per heavy atom. The van der Waals surface area contributed by atoms with Crippen molar-refractivity contribution in [1.82, 2.24) is 9.97 Å². The summed E-state index contributed by atoms with van der Waals surface area (Å²) in [6.07, 6.45) is 0. The first kappa shape index (κ1) is 10.8. The van der Waals surface area contributed by atoms with E-state index in [1.54, 1.807) is 6.07 Å². The molecule has 0 radical (unpaired) electrons. The zero-order valence-electron chi connectivity index (χ0n) is 9.83. The van der Waals surface area contributed by atoms with Crippen LogP contribution in [0.2, 0.25) is 0 Å². The molecule has 0 unspecified atom stereocenters. The Morgan fingerprint density at radius 1 is 1.33 bits per heavy atom. The van der Waals surface area contributed by atoms with Crippen LogP contribution in [0.5, 0.6) is 0 Å². The molecule has 0 amide bonds. The van der Waals surface area contributed by atoms with Crippen molar-refractivity contribution < 1.29 is 8.81 Å². The molecule has 2 heterocycles. The Balaban J connectivity index is 1.78. The SMILES string of the molecule is Cc1ccc(CNc2nc3ccc(F)cc3[nH]2)o1. The van der Waals surface area contributed by atoms with Gasteiger partial charge in [-0.1, -0.05) is 0 Å². The standard InChI is InChI=1S/C13H12FN3O/c1-8-2-4-10(18-8)7-15-13-16-11-5-3-9(14)6-12(11)17-13/h2-6H,7H2,1H3,(H2,15,16,17). The number of rotatable bonds is 3. The van der Waals surface area contributed by atoms with E-state index in [4.69, 9.17) is 4.42 Å². The third-order valence-electron chi connectivity index (χ3n) is 2.67. The van der Waals surface area contributed by atoms with Crippen molar-refractivity contribution >= 4 is 17.0 Å². The van der Waals surface area contributed by atoms with Crippen molar-refractivity contribution in [2.75, 3.05) is 5.32 Å². The first-order valence-corrected chi connectivity index (χ1v) is 5.65. The molecule has 5 heteroatoms. The van der Waals surface area contributed by atoms with Gasteiger partial charge in [0.25, 0.3) is 0 Å². The van der Waals surface area contributed by atoms with Crippen LogP contribution in [-0.2, 0) is 6.54 Å². The third-order valence-corrected chi connectivity index (χ3v) is 2.67. The Hall–Kier alpha value is -2.30. The van der Waals surface area contributed by atoms with Crippen LogP contribution >= 0.6 is 0 Å². The molecule has 2 aromatic heterocycles. The van der Waals surface area contributed by atoms with Crippen LogP contribution in [0.1, 0.15) is 11.5 Å². The number of halogens is 1. The van der Waals surface area contributed by atoms with Crippen molar-refractivity contribution in [1.29, 1.82) is 0 Å². The van der Waals surface area contributed by atoms with Crippen molar-refractivity contribution in [3.8, 4) is 0 Å². The van der Waals surface area contributed by atoms with E-state index >= 15 is 0 Å². The quantitative estimate of drug-likeness (QED) is 0.745. The van der Waals surface area contributed by atoms with Gasteiger partial charge in [-0.25, -0.2) is 9.37 Å². The van der Waals surface area contributed by atoms with Gasteiger partial charge in [-0.3, -0.25) is 0 Å². The van der Waals surface area contributed by atoms with Crippen LogP contribution in [0.3, 0.4) is 0 Å². The molecule has 0 saturated heterocycles. The van der Waals surface area contributed by atoms with Gasteiger partial charge in [0, 0.05) is 0 Å². The molecule has 2 N–H and O–H groups in total. The number of aromatic amines is 1. The van der Waals surface area contributed by atoms with Crippen LogP contribution in [0.15, 0.2) is 34.7 Å². The number of nitrogens with zero attached hydrogens (tertiary/aromatic N) is 1. The van der Waals surface area contributed by atoms with E-state index in [0.717, 1.165) is 17.0 Å². The number of furan rings is 1. The number of H-pyrrole nitrogens is 1. The predicted molar refractivity (Wildman–Crippen MR) is 66.8 cm³/mol. The molecule has 0 saturated carbocycles. The van der Waals surface area contributed by atoms with E-state index in [-0.39, 0.29) is 5.82 Å². The summed E-state index contributed by atoms with van der Waals surface area (Å²) in [5, 5.41) is 3.10. The van der Waals surface area contributed by atoms with Gasteiger partial charge in [-0.2, -0.15) is 0 Å². The Bertz CT molecular complexity index is 686. The number of benzene rings is 1. The molecule has 18 heavy (non-hydrogen) atoms. The first-order chi connectivity index (χ1) is 8.70. The van der Waals surface area contributed by atoms with Gasteiger partial charge in [0.05, 0.1) is 17.6 Å². The Kier molecular flexibility index (Phi) is 2.51. The average molecular weight is 245 g/mol. The molecule has 0 bridgehead atoms. The highest BCUT2D eigenvalue weighted by Gasteiger charge is 2.04. The maximum atomic E-state index is 13.0. The monoisotopic (exact) mass is 245 g/mol. The smallest absolute Gasteiger partial charge is 0.201 e. The highest BCUT2D eigenvalue weighted by Crippen LogP contribution is 2.16. The highest BCUT2D eigenvalue weighted by atomic mass is 19.1. The molecular formula is C13H12FN3O. The summed E-state index contributed by atoms with van der Waals surface area (Å²) in [7, 11) is 0. The lowest BCUT2D eigenvalue weighted by Crippen LogP contribution is -1.99. The minimum atomic E-state index is -0.278. The summed E-state index contributed by atoms with van der Waals surface area (Å²) >= 11 is 0. The summed E-state index contributed by atoms with van der Waals surface area (Å²) in [5.41, 5.74) is 1.41. The molecule has 0 spiro atoms. The Labute approximate surface area is 103 Å². The number of nitrogens with one attached hydrogen (secondary N) is 2. The minimum absolute atomic E-state index is 0.278. The molecule has 0 aliphatic rings. The third kappa shape index (κ3) is 2.07. The molecule has 0 atom stereocenters. The molecule has 1 aromatic carbocycles. The van der Waals surface area contributed by atoms with Gasteiger partial charge < -0.3 is 14.7 Å². The number of hydrogen-bond donors (Lipinski definition) is 2. The Morgan fingerprint density at radius 2 is 2.22 bits per heavy atom. The molecule has 92 valence electrons. The van der Waals surface area contributed by atoms with Crippen LogP contribution in [0.4, 0.5) is 10.3 Å². The van der Waals surface area contributed by atoms with Crippen LogP contribution in [0.25, 0.3) is 11.0 Å². The first-order valence-electron chi connectivity index (χ1n) is 5.65. The van der Waals surface area contributed by atoms with Gasteiger partial charge in [-0.05, 0) is 37.3 Å². The highest BCUT2D eigenvalue weighted by molar-refractivity contribution is 5.77. The van der Waals surface area contributed by atoms with Gasteiger partial charge in [-0.15, -0.1) is 0 Å². The molecule has 3 rings (SSSR count). The largest absolute Gasteiger partial charge is 0.465 e. The van der Waals surface area contributed by atoms with E-state index in [2.05, 4.69) is 15.3 Å². The molecule has 3 aromatic rings. The van der Waals surface area contributed by atoms with Crippen molar-refractivity contribution in [3.63, 3.8) is 0 Å². The maximum Gasteiger partial charge on any atom is 0.201 e. The molecular weight excluding hydrogens is 233 g/mol. The zero-order chi connectivity index (χ0) is 12.5. The van der Waals surface area contributed by atoms with Gasteiger partial charge >= 0.3 is 0 Å². The van der Waals surface area contributed by atoms with Crippen molar-refractivity contribution in [2.24, 2.45) is 0 Å². The lowest BCUT2D eigenvalue weighted by atomic mass is 10.3. The van der Waals surface area contributed by atoms with Crippen LogP contribution in [-0.4, -0.2) is 9.97 Å². The molecule has 0 aliphatic carbocycles. The normalized spacial score (nSPS) is 11.0. The average Bonchev–Trinajstić information content (AvgIpc) is 2.92. The lowest BCUT2D eigenvalue weighted by molar-refractivity contribution is 0.490. The fourth-order valence-corrected chi connectivity index (χ4v) is 1.82. The van der Waals surface area contributed by atoms with E-state index < -0.39 is 0 Å². The second-order valence-corrected chi connectivity index (χ2v) is 4.11. The minimum Gasteiger partial charge on any atom is -0.465 e. The number of fused-ring (bicyclic) bond motifs is 1. The van der Waals surface area contributed by atoms with Gasteiger partial charge in [0.2, 0.25) is 5.95 Å². The number of imidazole rings is 1. The predicted octanol–water partition coefficient (Wildman–Crippen LogP) is 3.22. The second kappa shape index (κ2) is 4.18. The van der Waals surface area contributed by atoms with Crippen molar-refractivity contribution in [3.05, 3.63) is 47.7 Å². The van der Waals surface area contributed by atoms with Crippen molar-refractivity contribution in [2.45, 2.75) is 13.5 Å². The van der Waals surface area contributed by atoms with Crippen LogP contribution < -0.4 is 5.32 Å². The maximum absolute atomic E-state index is 13.0. The number of hydrogen-bond acceptors (Lipinski definition) is 3.